The van der Waals surface area contributed by atoms with E-state index in [4.69, 9.17) is 4.74 Å². The van der Waals surface area contributed by atoms with Crippen LogP contribution in [0.1, 0.15) is 23.6 Å². The van der Waals surface area contributed by atoms with Gasteiger partial charge in [-0.05, 0) is 56.9 Å². The van der Waals surface area contributed by atoms with E-state index in [2.05, 4.69) is 15.9 Å². The van der Waals surface area contributed by atoms with Gasteiger partial charge in [-0.1, -0.05) is 40.2 Å². The van der Waals surface area contributed by atoms with Crippen LogP contribution in [0.4, 0.5) is 0 Å². The van der Waals surface area contributed by atoms with Gasteiger partial charge in [0.1, 0.15) is 11.5 Å². The molecule has 1 atom stereocenters. The fourth-order valence-electron chi connectivity index (χ4n) is 3.59. The number of Topliss-reactive ketones (excluding diaryl/α,β-unsaturated/α-hetero) is 1. The highest BCUT2D eigenvalue weighted by molar-refractivity contribution is 9.10. The number of amides is 1. The van der Waals surface area contributed by atoms with Crippen LogP contribution >= 0.6 is 15.9 Å². The van der Waals surface area contributed by atoms with Crippen molar-refractivity contribution in [1.82, 2.24) is 9.80 Å². The number of nitrogens with zero attached hydrogens (tertiary/aromatic N) is 2. The second-order valence-electron chi connectivity index (χ2n) is 7.43. The SMILES string of the molecule is COc1cccc(/C(O)=C2/C(=O)C(=O)N(CCCN(C)C)C2c2ccc(Br)cc2)c1. The topological polar surface area (TPSA) is 70.1 Å². The fraction of sp³-hybridized carbons (Fsp3) is 0.304. The average molecular weight is 473 g/mol. The number of methoxy groups -OCH3 is 1. The van der Waals surface area contributed by atoms with Crippen molar-refractivity contribution >= 4 is 33.4 Å². The first-order chi connectivity index (χ1) is 14.3. The van der Waals surface area contributed by atoms with E-state index in [-0.39, 0.29) is 11.3 Å². The highest BCUT2D eigenvalue weighted by Gasteiger charge is 2.45. The number of ether oxygens (including phenoxy) is 1. The lowest BCUT2D eigenvalue weighted by molar-refractivity contribution is -0.139. The molecule has 1 saturated heterocycles. The zero-order chi connectivity index (χ0) is 21.8. The summed E-state index contributed by atoms with van der Waals surface area (Å²) in [5.41, 5.74) is 1.30. The summed E-state index contributed by atoms with van der Waals surface area (Å²) in [6, 6.07) is 13.6. The summed E-state index contributed by atoms with van der Waals surface area (Å²) in [6.07, 6.45) is 0.715. The molecule has 0 bridgehead atoms. The molecule has 0 aromatic heterocycles. The number of carbonyl (C=O) groups excluding carboxylic acids is 2. The van der Waals surface area contributed by atoms with Crippen molar-refractivity contribution in [3.8, 4) is 5.75 Å². The standard InChI is InChI=1S/C23H25BrN2O4/c1-25(2)12-5-13-26-20(15-8-10-17(24)11-9-15)19(22(28)23(26)29)21(27)16-6-4-7-18(14-16)30-3/h4,6-11,14,20,27H,5,12-13H2,1-3H3/b21-19-. The van der Waals surface area contributed by atoms with E-state index >= 15 is 0 Å². The highest BCUT2D eigenvalue weighted by atomic mass is 79.9. The molecule has 1 heterocycles. The summed E-state index contributed by atoms with van der Waals surface area (Å²) >= 11 is 3.42. The zero-order valence-corrected chi connectivity index (χ0v) is 18.8. The van der Waals surface area contributed by atoms with Crippen LogP contribution in [0.25, 0.3) is 5.76 Å². The Labute approximate surface area is 184 Å². The maximum Gasteiger partial charge on any atom is 0.295 e. The molecule has 0 saturated carbocycles. The third kappa shape index (κ3) is 4.57. The van der Waals surface area contributed by atoms with E-state index in [0.717, 1.165) is 16.6 Å². The number of benzene rings is 2. The number of halogens is 1. The first-order valence-corrected chi connectivity index (χ1v) is 10.5. The van der Waals surface area contributed by atoms with E-state index in [0.29, 0.717) is 24.3 Å². The van der Waals surface area contributed by atoms with Gasteiger partial charge in [0, 0.05) is 16.6 Å². The van der Waals surface area contributed by atoms with Crippen molar-refractivity contribution in [2.75, 3.05) is 34.3 Å². The van der Waals surface area contributed by atoms with E-state index < -0.39 is 17.7 Å². The minimum atomic E-state index is -0.673. The molecular formula is C23H25BrN2O4. The van der Waals surface area contributed by atoms with Gasteiger partial charge in [-0.25, -0.2) is 0 Å². The molecule has 1 amide bonds. The Morgan fingerprint density at radius 3 is 2.50 bits per heavy atom. The molecule has 1 unspecified atom stereocenters. The predicted molar refractivity (Wildman–Crippen MR) is 119 cm³/mol. The summed E-state index contributed by atoms with van der Waals surface area (Å²) in [7, 11) is 5.46. The smallest absolute Gasteiger partial charge is 0.295 e. The first kappa shape index (κ1) is 22.1. The lowest BCUT2D eigenvalue weighted by Gasteiger charge is -2.26. The fourth-order valence-corrected chi connectivity index (χ4v) is 3.85. The number of ketones is 1. The van der Waals surface area contributed by atoms with Crippen LogP contribution in [0.2, 0.25) is 0 Å². The number of hydrogen-bond acceptors (Lipinski definition) is 5. The molecule has 2 aromatic carbocycles. The van der Waals surface area contributed by atoms with Crippen molar-refractivity contribution in [1.29, 1.82) is 0 Å². The van der Waals surface area contributed by atoms with Gasteiger partial charge in [-0.2, -0.15) is 0 Å². The van der Waals surface area contributed by atoms with E-state index in [1.54, 1.807) is 29.2 Å². The average Bonchev–Trinajstić information content (AvgIpc) is 2.98. The van der Waals surface area contributed by atoms with E-state index in [9.17, 15) is 14.7 Å². The number of aliphatic hydroxyl groups is 1. The Bertz CT molecular complexity index is 969. The molecule has 0 spiro atoms. The number of rotatable bonds is 7. The number of hydrogen-bond donors (Lipinski definition) is 1. The van der Waals surface area contributed by atoms with Crippen LogP contribution in [0.5, 0.6) is 5.75 Å². The Kier molecular flexibility index (Phi) is 6.95. The molecule has 0 radical (unpaired) electrons. The van der Waals surface area contributed by atoms with E-state index in [1.165, 1.54) is 7.11 Å². The van der Waals surface area contributed by atoms with Gasteiger partial charge in [-0.15, -0.1) is 0 Å². The van der Waals surface area contributed by atoms with Gasteiger partial charge in [0.2, 0.25) is 0 Å². The van der Waals surface area contributed by atoms with Crippen molar-refractivity contribution in [3.63, 3.8) is 0 Å². The Hall–Kier alpha value is -2.64. The van der Waals surface area contributed by atoms with Gasteiger partial charge in [-0.3, -0.25) is 9.59 Å². The number of carbonyl (C=O) groups is 2. The first-order valence-electron chi connectivity index (χ1n) is 9.66. The van der Waals surface area contributed by atoms with Crippen LogP contribution < -0.4 is 4.74 Å². The van der Waals surface area contributed by atoms with Crippen LogP contribution in [-0.2, 0) is 9.59 Å². The predicted octanol–water partition coefficient (Wildman–Crippen LogP) is 3.83. The van der Waals surface area contributed by atoms with Crippen LogP contribution in [-0.4, -0.2) is 60.9 Å². The van der Waals surface area contributed by atoms with Crippen LogP contribution in [0.15, 0.2) is 58.6 Å². The van der Waals surface area contributed by atoms with Crippen molar-refractivity contribution in [2.45, 2.75) is 12.5 Å². The van der Waals surface area contributed by atoms with Crippen LogP contribution in [0, 0.1) is 0 Å². The second kappa shape index (κ2) is 9.45. The molecule has 1 aliphatic heterocycles. The van der Waals surface area contributed by atoms with Crippen molar-refractivity contribution in [2.24, 2.45) is 0 Å². The quantitative estimate of drug-likeness (QED) is 0.376. The molecule has 3 rings (SSSR count). The van der Waals surface area contributed by atoms with Crippen LogP contribution in [0.3, 0.4) is 0 Å². The third-order valence-electron chi connectivity index (χ3n) is 5.07. The van der Waals surface area contributed by atoms with Gasteiger partial charge in [0.25, 0.3) is 11.7 Å². The molecule has 7 heteroatoms. The molecule has 1 N–H and O–H groups in total. The molecule has 1 aliphatic rings. The molecule has 6 nitrogen and oxygen atoms in total. The second-order valence-corrected chi connectivity index (χ2v) is 8.35. The van der Waals surface area contributed by atoms with Crippen molar-refractivity contribution in [3.05, 3.63) is 69.7 Å². The summed E-state index contributed by atoms with van der Waals surface area (Å²) in [5, 5.41) is 11.1. The Morgan fingerprint density at radius 2 is 1.87 bits per heavy atom. The van der Waals surface area contributed by atoms with E-state index in [1.807, 2.05) is 43.3 Å². The summed E-state index contributed by atoms with van der Waals surface area (Å²) < 4.78 is 6.12. The molecule has 0 aliphatic carbocycles. The number of likely N-dealkylation sites (tertiary alicyclic amines) is 1. The monoisotopic (exact) mass is 472 g/mol. The van der Waals surface area contributed by atoms with Crippen molar-refractivity contribution < 1.29 is 19.4 Å². The summed E-state index contributed by atoms with van der Waals surface area (Å²) in [5.74, 6) is -0.908. The minimum Gasteiger partial charge on any atom is -0.507 e. The molecule has 2 aromatic rings. The minimum absolute atomic E-state index is 0.0976. The highest BCUT2D eigenvalue weighted by Crippen LogP contribution is 2.40. The maximum absolute atomic E-state index is 13.0. The summed E-state index contributed by atoms with van der Waals surface area (Å²) in [6.45, 7) is 1.20. The summed E-state index contributed by atoms with van der Waals surface area (Å²) in [4.78, 5) is 29.4. The molecule has 1 fully saturated rings. The van der Waals surface area contributed by atoms with Gasteiger partial charge in [0.15, 0.2) is 0 Å². The maximum atomic E-state index is 13.0. The van der Waals surface area contributed by atoms with Gasteiger partial charge in [0.05, 0.1) is 18.7 Å². The molecule has 30 heavy (non-hydrogen) atoms. The zero-order valence-electron chi connectivity index (χ0n) is 17.3. The van der Waals surface area contributed by atoms with Gasteiger partial charge >= 0.3 is 0 Å². The Morgan fingerprint density at radius 1 is 1.17 bits per heavy atom. The normalized spacial score (nSPS) is 18.3. The van der Waals surface area contributed by atoms with Gasteiger partial charge < -0.3 is 19.6 Å². The molecule has 158 valence electrons. The Balaban J connectivity index is 2.09. The lowest BCUT2D eigenvalue weighted by Crippen LogP contribution is -2.32. The number of aliphatic hydroxyl groups excluding tert-OH is 1. The molecular weight excluding hydrogens is 448 g/mol. The largest absolute Gasteiger partial charge is 0.507 e. The lowest BCUT2D eigenvalue weighted by atomic mass is 9.95. The third-order valence-corrected chi connectivity index (χ3v) is 5.60.